The summed E-state index contributed by atoms with van der Waals surface area (Å²) in [5.41, 5.74) is 8.80. The van der Waals surface area contributed by atoms with Gasteiger partial charge in [-0.05, 0) is 24.6 Å². The van der Waals surface area contributed by atoms with Gasteiger partial charge in [0.15, 0.2) is 0 Å². The fourth-order valence-electron chi connectivity index (χ4n) is 3.93. The molecular formula is C19H26FN5S. The molecule has 2 unspecified atom stereocenters. The lowest BCUT2D eigenvalue weighted by atomic mass is 9.94. The summed E-state index contributed by atoms with van der Waals surface area (Å²) >= 11 is 1.73. The number of halogens is 1. The number of nitrogens with one attached hydrogen (secondary N) is 2. The van der Waals surface area contributed by atoms with Crippen molar-refractivity contribution < 1.29 is 4.39 Å². The number of hydrogen-bond donors (Lipinski definition) is 2. The zero-order chi connectivity index (χ0) is 17.9. The lowest BCUT2D eigenvalue weighted by molar-refractivity contribution is 0.111. The van der Waals surface area contributed by atoms with E-state index in [0.29, 0.717) is 5.92 Å². The van der Waals surface area contributed by atoms with Gasteiger partial charge in [-0.25, -0.2) is 14.8 Å². The molecular weight excluding hydrogens is 349 g/mol. The molecule has 2 fully saturated rings. The number of hydrogen-bond acceptors (Lipinski definition) is 6. The molecule has 5 nitrogen and oxygen atoms in total. The fraction of sp³-hybridized carbons (Fsp3) is 0.526. The second-order valence-corrected chi connectivity index (χ2v) is 8.31. The molecule has 0 bridgehead atoms. The van der Waals surface area contributed by atoms with Crippen LogP contribution in [0.1, 0.15) is 22.3 Å². The normalized spacial score (nSPS) is 25.0. The van der Waals surface area contributed by atoms with Crippen molar-refractivity contribution in [3.05, 3.63) is 51.7 Å². The zero-order valence-electron chi connectivity index (χ0n) is 15.1. The number of piperazine rings is 1. The number of aryl methyl sites for hydroxylation is 1. The minimum absolute atomic E-state index is 0.166. The molecule has 3 heterocycles. The quantitative estimate of drug-likeness (QED) is 0.839. The Morgan fingerprint density at radius 3 is 2.77 bits per heavy atom. The van der Waals surface area contributed by atoms with Crippen molar-refractivity contribution in [3.63, 3.8) is 0 Å². The first-order valence-corrected chi connectivity index (χ1v) is 10.1. The van der Waals surface area contributed by atoms with Crippen LogP contribution < -0.4 is 10.9 Å². The van der Waals surface area contributed by atoms with Gasteiger partial charge in [-0.3, -0.25) is 10.3 Å². The Labute approximate surface area is 158 Å². The van der Waals surface area contributed by atoms with Crippen molar-refractivity contribution >= 4 is 11.3 Å². The molecule has 0 aliphatic carbocycles. The van der Waals surface area contributed by atoms with Crippen molar-refractivity contribution in [3.8, 4) is 0 Å². The van der Waals surface area contributed by atoms with Crippen LogP contribution in [0.5, 0.6) is 0 Å². The summed E-state index contributed by atoms with van der Waals surface area (Å²) in [5.74, 6) is 0.283. The molecule has 2 saturated heterocycles. The van der Waals surface area contributed by atoms with E-state index in [9.17, 15) is 4.39 Å². The molecule has 2 aliphatic rings. The summed E-state index contributed by atoms with van der Waals surface area (Å²) < 4.78 is 13.6. The maximum Gasteiger partial charge on any atom is 0.123 e. The highest BCUT2D eigenvalue weighted by atomic mass is 32.1. The summed E-state index contributed by atoms with van der Waals surface area (Å²) in [6, 6.07) is 7.12. The molecule has 0 amide bonds. The van der Waals surface area contributed by atoms with Gasteiger partial charge in [0.05, 0.1) is 16.7 Å². The first kappa shape index (κ1) is 18.0. The highest BCUT2D eigenvalue weighted by Gasteiger charge is 2.31. The Morgan fingerprint density at radius 2 is 2.04 bits per heavy atom. The molecule has 2 aromatic rings. The number of nitrogens with zero attached hydrogens (tertiary/aromatic N) is 3. The van der Waals surface area contributed by atoms with Crippen molar-refractivity contribution in [1.29, 1.82) is 0 Å². The van der Waals surface area contributed by atoms with Crippen LogP contribution in [0, 0.1) is 18.7 Å². The minimum Gasteiger partial charge on any atom is -0.300 e. The van der Waals surface area contributed by atoms with E-state index in [1.807, 2.05) is 6.07 Å². The maximum absolute atomic E-state index is 13.6. The molecule has 26 heavy (non-hydrogen) atoms. The van der Waals surface area contributed by atoms with Gasteiger partial charge in [-0.2, -0.15) is 0 Å². The first-order valence-electron chi connectivity index (χ1n) is 9.27. The number of rotatable bonds is 5. The van der Waals surface area contributed by atoms with E-state index in [2.05, 4.69) is 37.9 Å². The molecule has 140 valence electrons. The molecule has 2 aliphatic heterocycles. The van der Waals surface area contributed by atoms with E-state index in [0.717, 1.165) is 56.4 Å². The Kier molecular flexibility index (Phi) is 5.61. The average Bonchev–Trinajstić information content (AvgIpc) is 3.26. The lowest BCUT2D eigenvalue weighted by Gasteiger charge is -2.36. The SMILES string of the molecule is Cc1nc(CN2CCN(CC3CNNC3c3cccc(F)c3)CC2)cs1. The van der Waals surface area contributed by atoms with Crippen LogP contribution in [0.3, 0.4) is 0 Å². The number of hydrazine groups is 1. The van der Waals surface area contributed by atoms with Gasteiger partial charge < -0.3 is 4.90 Å². The molecule has 4 rings (SSSR count). The van der Waals surface area contributed by atoms with E-state index in [-0.39, 0.29) is 11.9 Å². The highest BCUT2D eigenvalue weighted by molar-refractivity contribution is 7.09. The molecule has 2 atom stereocenters. The van der Waals surface area contributed by atoms with Gasteiger partial charge in [-0.15, -0.1) is 11.3 Å². The molecule has 1 aromatic heterocycles. The Balaban J connectivity index is 1.29. The molecule has 2 N–H and O–H groups in total. The molecule has 0 radical (unpaired) electrons. The number of thiazole rings is 1. The topological polar surface area (TPSA) is 43.4 Å². The number of aromatic nitrogens is 1. The highest BCUT2D eigenvalue weighted by Crippen LogP contribution is 2.26. The smallest absolute Gasteiger partial charge is 0.123 e. The average molecular weight is 376 g/mol. The zero-order valence-corrected chi connectivity index (χ0v) is 15.9. The Morgan fingerprint density at radius 1 is 1.23 bits per heavy atom. The van der Waals surface area contributed by atoms with Crippen LogP contribution in [0.25, 0.3) is 0 Å². The molecule has 7 heteroatoms. The third kappa shape index (κ3) is 4.29. The van der Waals surface area contributed by atoms with Crippen molar-refractivity contribution in [2.75, 3.05) is 39.3 Å². The minimum atomic E-state index is -0.166. The van der Waals surface area contributed by atoms with Crippen LogP contribution in [-0.2, 0) is 6.54 Å². The third-order valence-electron chi connectivity index (χ3n) is 5.31. The summed E-state index contributed by atoms with van der Waals surface area (Å²) in [5, 5.41) is 3.31. The van der Waals surface area contributed by atoms with Crippen LogP contribution >= 0.6 is 11.3 Å². The van der Waals surface area contributed by atoms with E-state index in [1.54, 1.807) is 23.5 Å². The van der Waals surface area contributed by atoms with Crippen LogP contribution in [0.4, 0.5) is 4.39 Å². The van der Waals surface area contributed by atoms with E-state index >= 15 is 0 Å². The second-order valence-electron chi connectivity index (χ2n) is 7.25. The van der Waals surface area contributed by atoms with E-state index < -0.39 is 0 Å². The van der Waals surface area contributed by atoms with Crippen molar-refractivity contribution in [1.82, 2.24) is 25.6 Å². The summed E-state index contributed by atoms with van der Waals surface area (Å²) in [6.45, 7) is 9.28. The predicted molar refractivity (Wildman–Crippen MR) is 102 cm³/mol. The largest absolute Gasteiger partial charge is 0.300 e. The second kappa shape index (κ2) is 8.10. The molecule has 0 spiro atoms. The van der Waals surface area contributed by atoms with Gasteiger partial charge in [-0.1, -0.05) is 12.1 Å². The molecule has 1 aromatic carbocycles. The van der Waals surface area contributed by atoms with Crippen molar-refractivity contribution in [2.45, 2.75) is 19.5 Å². The van der Waals surface area contributed by atoms with Gasteiger partial charge in [0, 0.05) is 57.1 Å². The summed E-state index contributed by atoms with van der Waals surface area (Å²) in [7, 11) is 0. The van der Waals surface area contributed by atoms with E-state index in [4.69, 9.17) is 0 Å². The van der Waals surface area contributed by atoms with Crippen LogP contribution in [0.15, 0.2) is 29.6 Å². The van der Waals surface area contributed by atoms with Gasteiger partial charge >= 0.3 is 0 Å². The first-order chi connectivity index (χ1) is 12.7. The number of benzene rings is 1. The Bertz CT molecular complexity index is 728. The third-order valence-corrected chi connectivity index (χ3v) is 6.13. The molecule has 0 saturated carbocycles. The predicted octanol–water partition coefficient (Wildman–Crippen LogP) is 2.17. The Hall–Kier alpha value is -1.38. The van der Waals surface area contributed by atoms with Crippen molar-refractivity contribution in [2.24, 2.45) is 5.92 Å². The monoisotopic (exact) mass is 375 g/mol. The standard InChI is InChI=1S/C19H26FN5S/c1-14-22-18(13-26-14)12-25-7-5-24(6-8-25)11-16-10-21-23-19(16)15-3-2-4-17(20)9-15/h2-4,9,13,16,19,21,23H,5-8,10-12H2,1H3. The van der Waals surface area contributed by atoms with Gasteiger partial charge in [0.25, 0.3) is 0 Å². The maximum atomic E-state index is 13.6. The van der Waals surface area contributed by atoms with Crippen LogP contribution in [0.2, 0.25) is 0 Å². The summed E-state index contributed by atoms with van der Waals surface area (Å²) in [4.78, 5) is 9.60. The van der Waals surface area contributed by atoms with E-state index in [1.165, 1.54) is 11.8 Å². The summed E-state index contributed by atoms with van der Waals surface area (Å²) in [6.07, 6.45) is 0. The fourth-order valence-corrected chi connectivity index (χ4v) is 4.54. The van der Waals surface area contributed by atoms with Gasteiger partial charge in [0.1, 0.15) is 5.82 Å². The van der Waals surface area contributed by atoms with Gasteiger partial charge in [0.2, 0.25) is 0 Å². The van der Waals surface area contributed by atoms with Crippen LogP contribution in [-0.4, -0.2) is 54.1 Å². The lowest BCUT2D eigenvalue weighted by Crippen LogP contribution is -2.48.